The zero-order valence-corrected chi connectivity index (χ0v) is 10.5. The molecule has 2 bridgehead atoms. The van der Waals surface area contributed by atoms with Gasteiger partial charge in [-0.1, -0.05) is 24.7 Å². The largest absolute Gasteiger partial charge is 0.388 e. The molecule has 1 aromatic rings. The van der Waals surface area contributed by atoms with Gasteiger partial charge in [-0.25, -0.2) is 4.98 Å². The standard InChI is InChI=1S/C13H17N3S/c14-13(17)10-2-1-3-12(15-10)16-11-7-8-4-5-9(11)6-8/h1-3,8-9,11H,4-7H2,(H2,14,17)(H,15,16). The molecule has 17 heavy (non-hydrogen) atoms. The van der Waals surface area contributed by atoms with E-state index in [1.54, 1.807) is 0 Å². The van der Waals surface area contributed by atoms with Crippen LogP contribution >= 0.6 is 12.2 Å². The van der Waals surface area contributed by atoms with Gasteiger partial charge in [-0.3, -0.25) is 0 Å². The minimum absolute atomic E-state index is 0.363. The lowest BCUT2D eigenvalue weighted by molar-refractivity contribution is 0.439. The second kappa shape index (κ2) is 4.26. The minimum atomic E-state index is 0.363. The maximum absolute atomic E-state index is 5.59. The van der Waals surface area contributed by atoms with Gasteiger partial charge in [0.2, 0.25) is 0 Å². The van der Waals surface area contributed by atoms with E-state index in [0.717, 1.165) is 17.7 Å². The number of nitrogens with zero attached hydrogens (tertiary/aromatic N) is 1. The summed E-state index contributed by atoms with van der Waals surface area (Å²) in [7, 11) is 0. The zero-order valence-electron chi connectivity index (χ0n) is 9.73. The predicted octanol–water partition coefficient (Wildman–Crippen LogP) is 2.32. The van der Waals surface area contributed by atoms with Crippen molar-refractivity contribution in [1.29, 1.82) is 0 Å². The van der Waals surface area contributed by atoms with Crippen LogP contribution in [-0.4, -0.2) is 16.0 Å². The summed E-state index contributed by atoms with van der Waals surface area (Å²) in [4.78, 5) is 4.80. The molecule has 3 nitrogen and oxygen atoms in total. The number of aromatic nitrogens is 1. The van der Waals surface area contributed by atoms with Gasteiger partial charge in [-0.2, -0.15) is 0 Å². The van der Waals surface area contributed by atoms with Crippen LogP contribution in [0.25, 0.3) is 0 Å². The van der Waals surface area contributed by atoms with Crippen LogP contribution in [-0.2, 0) is 0 Å². The summed E-state index contributed by atoms with van der Waals surface area (Å²) >= 11 is 4.94. The fourth-order valence-electron chi connectivity index (χ4n) is 3.26. The molecule has 3 unspecified atom stereocenters. The molecular formula is C13H17N3S. The van der Waals surface area contributed by atoms with Crippen LogP contribution in [0.15, 0.2) is 18.2 Å². The van der Waals surface area contributed by atoms with Gasteiger partial charge in [0.1, 0.15) is 10.8 Å². The highest BCUT2D eigenvalue weighted by molar-refractivity contribution is 7.80. The van der Waals surface area contributed by atoms with Crippen LogP contribution in [0.5, 0.6) is 0 Å². The Balaban J connectivity index is 1.73. The molecule has 2 fully saturated rings. The Morgan fingerprint density at radius 1 is 1.35 bits per heavy atom. The molecule has 0 aliphatic heterocycles. The lowest BCUT2D eigenvalue weighted by Crippen LogP contribution is -2.26. The van der Waals surface area contributed by atoms with Crippen molar-refractivity contribution in [2.24, 2.45) is 17.6 Å². The average Bonchev–Trinajstić information content (AvgIpc) is 2.91. The first-order valence-corrected chi connectivity index (χ1v) is 6.66. The summed E-state index contributed by atoms with van der Waals surface area (Å²) < 4.78 is 0. The Labute approximate surface area is 107 Å². The molecule has 0 aromatic carbocycles. The highest BCUT2D eigenvalue weighted by Gasteiger charge is 2.39. The Morgan fingerprint density at radius 3 is 2.88 bits per heavy atom. The first-order valence-electron chi connectivity index (χ1n) is 6.26. The van der Waals surface area contributed by atoms with Crippen LogP contribution in [0, 0.1) is 11.8 Å². The van der Waals surface area contributed by atoms with Gasteiger partial charge in [0.05, 0.1) is 5.69 Å². The Morgan fingerprint density at radius 2 is 2.24 bits per heavy atom. The number of fused-ring (bicyclic) bond motifs is 2. The number of nitrogens with two attached hydrogens (primary N) is 1. The maximum atomic E-state index is 5.59. The van der Waals surface area contributed by atoms with Gasteiger partial charge in [-0.05, 0) is 43.2 Å². The second-order valence-electron chi connectivity index (χ2n) is 5.20. The first kappa shape index (κ1) is 11.0. The molecular weight excluding hydrogens is 230 g/mol. The van der Waals surface area contributed by atoms with Crippen molar-refractivity contribution in [3.63, 3.8) is 0 Å². The molecule has 1 heterocycles. The monoisotopic (exact) mass is 247 g/mol. The first-order chi connectivity index (χ1) is 8.22. The van der Waals surface area contributed by atoms with Crippen molar-refractivity contribution >= 4 is 23.0 Å². The summed E-state index contributed by atoms with van der Waals surface area (Å²) in [5.74, 6) is 2.69. The third-order valence-corrected chi connectivity index (χ3v) is 4.28. The smallest absolute Gasteiger partial charge is 0.126 e. The van der Waals surface area contributed by atoms with Gasteiger partial charge in [0.25, 0.3) is 0 Å². The van der Waals surface area contributed by atoms with Crippen molar-refractivity contribution in [1.82, 2.24) is 4.98 Å². The molecule has 0 radical (unpaired) electrons. The molecule has 90 valence electrons. The van der Waals surface area contributed by atoms with E-state index in [-0.39, 0.29) is 0 Å². The van der Waals surface area contributed by atoms with Gasteiger partial charge >= 0.3 is 0 Å². The molecule has 2 aliphatic carbocycles. The van der Waals surface area contributed by atoms with Crippen molar-refractivity contribution in [2.75, 3.05) is 5.32 Å². The predicted molar refractivity (Wildman–Crippen MR) is 73.0 cm³/mol. The second-order valence-corrected chi connectivity index (χ2v) is 5.64. The summed E-state index contributed by atoms with van der Waals surface area (Å²) in [6.07, 6.45) is 5.48. The molecule has 3 atom stereocenters. The van der Waals surface area contributed by atoms with E-state index in [1.807, 2.05) is 18.2 Å². The van der Waals surface area contributed by atoms with Crippen molar-refractivity contribution in [3.05, 3.63) is 23.9 Å². The number of anilines is 1. The van der Waals surface area contributed by atoms with Gasteiger partial charge in [-0.15, -0.1) is 0 Å². The molecule has 0 saturated heterocycles. The zero-order chi connectivity index (χ0) is 11.8. The fourth-order valence-corrected chi connectivity index (χ4v) is 3.38. The number of pyridine rings is 1. The summed E-state index contributed by atoms with van der Waals surface area (Å²) in [6, 6.07) is 6.40. The molecule has 0 amide bonds. The van der Waals surface area contributed by atoms with Crippen molar-refractivity contribution in [3.8, 4) is 0 Å². The van der Waals surface area contributed by atoms with Gasteiger partial charge in [0.15, 0.2) is 0 Å². The number of rotatable bonds is 3. The van der Waals surface area contributed by atoms with Crippen LogP contribution in [0.4, 0.5) is 5.82 Å². The quantitative estimate of drug-likeness (QED) is 0.805. The van der Waals surface area contributed by atoms with Crippen molar-refractivity contribution in [2.45, 2.75) is 31.7 Å². The molecule has 3 N–H and O–H groups in total. The van der Waals surface area contributed by atoms with Crippen molar-refractivity contribution < 1.29 is 0 Å². The van der Waals surface area contributed by atoms with Crippen LogP contribution < -0.4 is 11.1 Å². The number of nitrogens with one attached hydrogen (secondary N) is 1. The average molecular weight is 247 g/mol. The van der Waals surface area contributed by atoms with Crippen LogP contribution in [0.3, 0.4) is 0 Å². The maximum Gasteiger partial charge on any atom is 0.126 e. The lowest BCUT2D eigenvalue weighted by Gasteiger charge is -2.23. The Kier molecular flexibility index (Phi) is 2.74. The molecule has 2 aliphatic rings. The molecule has 2 saturated carbocycles. The van der Waals surface area contributed by atoms with E-state index in [9.17, 15) is 0 Å². The van der Waals surface area contributed by atoms with E-state index >= 15 is 0 Å². The van der Waals surface area contributed by atoms with Crippen LogP contribution in [0.1, 0.15) is 31.4 Å². The number of hydrogen-bond acceptors (Lipinski definition) is 3. The lowest BCUT2D eigenvalue weighted by atomic mass is 9.95. The number of hydrogen-bond donors (Lipinski definition) is 2. The van der Waals surface area contributed by atoms with Gasteiger partial charge < -0.3 is 11.1 Å². The third kappa shape index (κ3) is 2.14. The van der Waals surface area contributed by atoms with Crippen LogP contribution in [0.2, 0.25) is 0 Å². The summed E-state index contributed by atoms with van der Waals surface area (Å²) in [5.41, 5.74) is 6.29. The molecule has 1 aromatic heterocycles. The normalized spacial score (nSPS) is 30.5. The van der Waals surface area contributed by atoms with E-state index in [0.29, 0.717) is 16.7 Å². The summed E-state index contributed by atoms with van der Waals surface area (Å²) in [6.45, 7) is 0. The highest BCUT2D eigenvalue weighted by Crippen LogP contribution is 2.45. The molecule has 4 heteroatoms. The summed E-state index contributed by atoms with van der Waals surface area (Å²) in [5, 5.41) is 3.54. The fraction of sp³-hybridized carbons (Fsp3) is 0.538. The van der Waals surface area contributed by atoms with E-state index in [2.05, 4.69) is 10.3 Å². The Bertz CT molecular complexity index is 446. The highest BCUT2D eigenvalue weighted by atomic mass is 32.1. The molecule has 3 rings (SSSR count). The van der Waals surface area contributed by atoms with Gasteiger partial charge in [0, 0.05) is 6.04 Å². The SMILES string of the molecule is NC(=S)c1cccc(NC2CC3CCC2C3)n1. The number of thiocarbonyl (C=S) groups is 1. The molecule has 0 spiro atoms. The van der Waals surface area contributed by atoms with E-state index in [4.69, 9.17) is 18.0 Å². The van der Waals surface area contributed by atoms with E-state index < -0.39 is 0 Å². The Hall–Kier alpha value is -1.16. The minimum Gasteiger partial charge on any atom is -0.388 e. The van der Waals surface area contributed by atoms with E-state index in [1.165, 1.54) is 25.7 Å². The third-order valence-electron chi connectivity index (χ3n) is 4.07. The topological polar surface area (TPSA) is 50.9 Å².